The van der Waals surface area contributed by atoms with Gasteiger partial charge in [0.2, 0.25) is 5.91 Å². The first-order valence-electron chi connectivity index (χ1n) is 9.76. The van der Waals surface area contributed by atoms with Gasteiger partial charge in [0.05, 0.1) is 10.7 Å². The van der Waals surface area contributed by atoms with Crippen molar-refractivity contribution in [1.82, 2.24) is 0 Å². The monoisotopic (exact) mass is 462 g/mol. The van der Waals surface area contributed by atoms with Crippen LogP contribution in [0.3, 0.4) is 0 Å². The van der Waals surface area contributed by atoms with Crippen molar-refractivity contribution < 1.29 is 23.8 Å². The summed E-state index contributed by atoms with van der Waals surface area (Å²) in [6.45, 7) is 3.39. The Balaban J connectivity index is 1.43. The Kier molecular flexibility index (Phi) is 5.98. The molecule has 7 nitrogen and oxygen atoms in total. The van der Waals surface area contributed by atoms with Crippen LogP contribution in [0.1, 0.15) is 18.4 Å². The Morgan fingerprint density at radius 3 is 2.58 bits per heavy atom. The zero-order valence-electron chi connectivity index (χ0n) is 16.7. The van der Waals surface area contributed by atoms with Gasteiger partial charge in [0, 0.05) is 41.2 Å². The minimum Gasteiger partial charge on any atom is -0.449 e. The lowest BCUT2D eigenvalue weighted by Crippen LogP contribution is -2.38. The van der Waals surface area contributed by atoms with Crippen LogP contribution >= 0.6 is 23.2 Å². The lowest BCUT2D eigenvalue weighted by Gasteiger charge is -2.34. The van der Waals surface area contributed by atoms with E-state index in [1.807, 2.05) is 13.0 Å². The molecule has 162 valence electrons. The van der Waals surface area contributed by atoms with Crippen molar-refractivity contribution in [2.24, 2.45) is 5.92 Å². The van der Waals surface area contributed by atoms with Gasteiger partial charge in [-0.15, -0.1) is 0 Å². The predicted octanol–water partition coefficient (Wildman–Crippen LogP) is 5.96. The second-order valence-corrected chi connectivity index (χ2v) is 8.27. The summed E-state index contributed by atoms with van der Waals surface area (Å²) < 4.78 is 10.0. The SMILES string of the molecule is Cc1c(N2CCC(C(=O)Nc3ccc(Cl)cc3Cl)CC2)ccc2oc(OC(=O)O)cc12. The van der Waals surface area contributed by atoms with Gasteiger partial charge in [0.15, 0.2) is 0 Å². The summed E-state index contributed by atoms with van der Waals surface area (Å²) in [6.07, 6.45) is -0.0160. The molecular weight excluding hydrogens is 443 g/mol. The lowest BCUT2D eigenvalue weighted by molar-refractivity contribution is -0.120. The summed E-state index contributed by atoms with van der Waals surface area (Å²) in [4.78, 5) is 25.6. The van der Waals surface area contributed by atoms with Crippen LogP contribution < -0.4 is 15.0 Å². The van der Waals surface area contributed by atoms with E-state index in [9.17, 15) is 9.59 Å². The van der Waals surface area contributed by atoms with Gasteiger partial charge in [0.1, 0.15) is 5.58 Å². The Bertz CT molecular complexity index is 1150. The third-order valence-electron chi connectivity index (χ3n) is 5.50. The Labute approximate surface area is 188 Å². The van der Waals surface area contributed by atoms with Crippen molar-refractivity contribution in [2.45, 2.75) is 19.8 Å². The van der Waals surface area contributed by atoms with Crippen LogP contribution in [0.25, 0.3) is 11.0 Å². The van der Waals surface area contributed by atoms with Gasteiger partial charge in [-0.05, 0) is 55.7 Å². The number of nitrogens with one attached hydrogen (secondary N) is 1. The van der Waals surface area contributed by atoms with Crippen molar-refractivity contribution in [3.05, 3.63) is 52.0 Å². The van der Waals surface area contributed by atoms with Crippen molar-refractivity contribution >= 4 is 57.6 Å². The third-order valence-corrected chi connectivity index (χ3v) is 6.05. The van der Waals surface area contributed by atoms with Crippen LogP contribution in [0.4, 0.5) is 16.2 Å². The number of nitrogens with zero attached hydrogens (tertiary/aromatic N) is 1. The molecule has 2 heterocycles. The second kappa shape index (κ2) is 8.69. The smallest absolute Gasteiger partial charge is 0.449 e. The number of benzene rings is 2. The number of aryl methyl sites for hydroxylation is 1. The molecule has 1 saturated heterocycles. The maximum absolute atomic E-state index is 12.7. The Morgan fingerprint density at radius 2 is 1.90 bits per heavy atom. The summed E-state index contributed by atoms with van der Waals surface area (Å²) >= 11 is 12.1. The molecule has 1 amide bonds. The molecular formula is C22H20Cl2N2O5. The number of piperidine rings is 1. The number of carbonyl (C=O) groups excluding carboxylic acids is 1. The Hall–Kier alpha value is -2.90. The van der Waals surface area contributed by atoms with E-state index >= 15 is 0 Å². The molecule has 0 unspecified atom stereocenters. The molecule has 2 aromatic carbocycles. The standard InChI is InChI=1S/C22H20Cl2N2O5/c1-12-15-11-20(31-22(28)29)30-19(15)5-4-18(12)26-8-6-13(7-9-26)21(27)25-17-3-2-14(23)10-16(17)24/h2-5,10-11,13H,6-9H2,1H3,(H,25,27)(H,28,29). The van der Waals surface area contributed by atoms with Crippen LogP contribution in [0, 0.1) is 12.8 Å². The molecule has 2 N–H and O–H groups in total. The van der Waals surface area contributed by atoms with E-state index < -0.39 is 6.16 Å². The summed E-state index contributed by atoms with van der Waals surface area (Å²) in [7, 11) is 0. The number of fused-ring (bicyclic) bond motifs is 1. The highest BCUT2D eigenvalue weighted by Gasteiger charge is 2.27. The molecule has 1 aliphatic heterocycles. The molecule has 1 aromatic heterocycles. The van der Waals surface area contributed by atoms with E-state index in [0.29, 0.717) is 34.2 Å². The fourth-order valence-corrected chi connectivity index (χ4v) is 4.36. The van der Waals surface area contributed by atoms with Gasteiger partial charge in [-0.3, -0.25) is 4.79 Å². The first kappa shape index (κ1) is 21.3. The topological polar surface area (TPSA) is 92.0 Å². The van der Waals surface area contributed by atoms with Gasteiger partial charge in [-0.1, -0.05) is 23.2 Å². The van der Waals surface area contributed by atoms with E-state index in [0.717, 1.165) is 29.7 Å². The molecule has 4 rings (SSSR count). The normalized spacial score (nSPS) is 14.6. The van der Waals surface area contributed by atoms with Crippen LogP contribution in [0.5, 0.6) is 5.95 Å². The summed E-state index contributed by atoms with van der Waals surface area (Å²) in [6, 6.07) is 10.3. The molecule has 0 saturated carbocycles. The molecule has 1 aliphatic rings. The number of halogens is 2. The van der Waals surface area contributed by atoms with Crippen molar-refractivity contribution in [1.29, 1.82) is 0 Å². The van der Waals surface area contributed by atoms with Gasteiger partial charge in [-0.2, -0.15) is 0 Å². The number of anilines is 2. The van der Waals surface area contributed by atoms with Crippen molar-refractivity contribution in [2.75, 3.05) is 23.3 Å². The third kappa shape index (κ3) is 4.57. The number of carboxylic acid groups (broad SMARTS) is 1. The number of hydrogen-bond donors (Lipinski definition) is 2. The maximum atomic E-state index is 12.7. The lowest BCUT2D eigenvalue weighted by atomic mass is 9.94. The average molecular weight is 463 g/mol. The highest BCUT2D eigenvalue weighted by atomic mass is 35.5. The summed E-state index contributed by atoms with van der Waals surface area (Å²) in [5.41, 5.74) is 3.11. The second-order valence-electron chi connectivity index (χ2n) is 7.43. The van der Waals surface area contributed by atoms with E-state index in [-0.39, 0.29) is 17.8 Å². The summed E-state index contributed by atoms with van der Waals surface area (Å²) in [5, 5.41) is 13.4. The average Bonchev–Trinajstić information content (AvgIpc) is 3.13. The molecule has 0 spiro atoms. The Morgan fingerprint density at radius 1 is 1.16 bits per heavy atom. The summed E-state index contributed by atoms with van der Waals surface area (Å²) in [5.74, 6) is -0.225. The molecule has 31 heavy (non-hydrogen) atoms. The fourth-order valence-electron chi connectivity index (χ4n) is 3.90. The number of furan rings is 1. The first-order chi connectivity index (χ1) is 14.8. The number of carbonyl (C=O) groups is 2. The fraction of sp³-hybridized carbons (Fsp3) is 0.273. The highest BCUT2D eigenvalue weighted by Crippen LogP contribution is 2.35. The predicted molar refractivity (Wildman–Crippen MR) is 120 cm³/mol. The van der Waals surface area contributed by atoms with Gasteiger partial charge < -0.3 is 24.5 Å². The van der Waals surface area contributed by atoms with Crippen molar-refractivity contribution in [3.8, 4) is 5.95 Å². The molecule has 0 aliphatic carbocycles. The van der Waals surface area contributed by atoms with Gasteiger partial charge in [0.25, 0.3) is 5.95 Å². The van der Waals surface area contributed by atoms with Gasteiger partial charge >= 0.3 is 6.16 Å². The minimum atomic E-state index is -1.42. The molecule has 0 radical (unpaired) electrons. The molecule has 9 heteroatoms. The van der Waals surface area contributed by atoms with Crippen LogP contribution in [0.15, 0.2) is 40.8 Å². The number of hydrogen-bond acceptors (Lipinski definition) is 5. The van der Waals surface area contributed by atoms with Crippen LogP contribution in [0.2, 0.25) is 10.0 Å². The van der Waals surface area contributed by atoms with E-state index in [2.05, 4.69) is 15.0 Å². The van der Waals surface area contributed by atoms with Gasteiger partial charge in [-0.25, -0.2) is 4.79 Å². The van der Waals surface area contributed by atoms with Crippen LogP contribution in [-0.2, 0) is 4.79 Å². The largest absolute Gasteiger partial charge is 0.513 e. The number of ether oxygens (including phenoxy) is 1. The van der Waals surface area contributed by atoms with E-state index in [1.54, 1.807) is 30.3 Å². The zero-order chi connectivity index (χ0) is 22.1. The number of rotatable bonds is 4. The quantitative estimate of drug-likeness (QED) is 0.464. The van der Waals surface area contributed by atoms with E-state index in [1.165, 1.54) is 0 Å². The molecule has 1 fully saturated rings. The maximum Gasteiger partial charge on any atom is 0.513 e. The van der Waals surface area contributed by atoms with Crippen molar-refractivity contribution in [3.63, 3.8) is 0 Å². The molecule has 3 aromatic rings. The molecule has 0 bridgehead atoms. The van der Waals surface area contributed by atoms with Crippen LogP contribution in [-0.4, -0.2) is 30.3 Å². The van der Waals surface area contributed by atoms with E-state index in [4.69, 9.17) is 32.7 Å². The zero-order valence-corrected chi connectivity index (χ0v) is 18.2. The highest BCUT2D eigenvalue weighted by molar-refractivity contribution is 6.36. The number of amides is 1. The molecule has 0 atom stereocenters. The minimum absolute atomic E-state index is 0.0543. The first-order valence-corrected chi connectivity index (χ1v) is 10.5.